The van der Waals surface area contributed by atoms with E-state index >= 15 is 0 Å². The molecule has 0 aromatic heterocycles. The van der Waals surface area contributed by atoms with Crippen molar-refractivity contribution < 1.29 is 22.7 Å². The number of carbonyl (C=O) groups is 1. The molecule has 0 spiro atoms. The van der Waals surface area contributed by atoms with Crippen molar-refractivity contribution in [3.63, 3.8) is 0 Å². The maximum absolute atomic E-state index is 11.8. The van der Waals surface area contributed by atoms with Gasteiger partial charge < -0.3 is 15.8 Å². The first-order chi connectivity index (χ1) is 8.40. The van der Waals surface area contributed by atoms with Crippen molar-refractivity contribution in [2.75, 3.05) is 18.5 Å². The normalized spacial score (nSPS) is 11.3. The quantitative estimate of drug-likeness (QED) is 0.848. The van der Waals surface area contributed by atoms with E-state index in [9.17, 15) is 18.0 Å². The van der Waals surface area contributed by atoms with Crippen LogP contribution in [0.25, 0.3) is 0 Å². The average Bonchev–Trinajstić information content (AvgIpc) is 2.27. The van der Waals surface area contributed by atoms with Crippen molar-refractivity contribution in [1.29, 1.82) is 0 Å². The highest BCUT2D eigenvalue weighted by molar-refractivity contribution is 5.91. The van der Waals surface area contributed by atoms with Gasteiger partial charge in [-0.25, -0.2) is 0 Å². The Labute approximate surface area is 102 Å². The molecule has 0 heterocycles. The molecule has 4 nitrogen and oxygen atoms in total. The van der Waals surface area contributed by atoms with Gasteiger partial charge in [-0.3, -0.25) is 4.79 Å². The average molecular weight is 262 g/mol. The minimum atomic E-state index is -4.43. The first-order valence-electron chi connectivity index (χ1n) is 5.14. The number of benzene rings is 1. The Morgan fingerprint density at radius 1 is 1.39 bits per heavy atom. The summed E-state index contributed by atoms with van der Waals surface area (Å²) in [4.78, 5) is 11.3. The summed E-state index contributed by atoms with van der Waals surface area (Å²) in [5, 5.41) is 2.42. The van der Waals surface area contributed by atoms with Crippen molar-refractivity contribution in [3.8, 4) is 0 Å². The van der Waals surface area contributed by atoms with Crippen LogP contribution in [0, 0.1) is 0 Å². The summed E-state index contributed by atoms with van der Waals surface area (Å²) in [7, 11) is 0. The minimum absolute atomic E-state index is 0.314. The Morgan fingerprint density at radius 2 is 2.11 bits per heavy atom. The van der Waals surface area contributed by atoms with Crippen LogP contribution in [-0.2, 0) is 16.1 Å². The first-order valence-corrected chi connectivity index (χ1v) is 5.14. The summed E-state index contributed by atoms with van der Waals surface area (Å²) >= 11 is 0. The first kappa shape index (κ1) is 14.5. The van der Waals surface area contributed by atoms with Crippen molar-refractivity contribution >= 4 is 11.6 Å². The number of ether oxygens (including phenoxy) is 1. The standard InChI is InChI=1S/C11H13F3N2O2/c12-11(13,14)7-18-6-10(17)16-9-3-1-2-8(4-9)5-15/h1-4H,5-7,15H2,(H,16,17). The number of anilines is 1. The number of nitrogens with one attached hydrogen (secondary N) is 1. The molecular weight excluding hydrogens is 249 g/mol. The molecule has 0 aliphatic heterocycles. The third-order valence-electron chi connectivity index (χ3n) is 1.95. The summed E-state index contributed by atoms with van der Waals surface area (Å²) in [6.45, 7) is -1.77. The van der Waals surface area contributed by atoms with E-state index in [0.29, 0.717) is 12.2 Å². The zero-order valence-corrected chi connectivity index (χ0v) is 9.46. The van der Waals surface area contributed by atoms with E-state index in [-0.39, 0.29) is 0 Å². The largest absolute Gasteiger partial charge is 0.411 e. The topological polar surface area (TPSA) is 64.3 Å². The fourth-order valence-corrected chi connectivity index (χ4v) is 1.23. The summed E-state index contributed by atoms with van der Waals surface area (Å²) < 4.78 is 39.5. The lowest BCUT2D eigenvalue weighted by Gasteiger charge is -2.09. The maximum Gasteiger partial charge on any atom is 0.411 e. The van der Waals surface area contributed by atoms with Crippen molar-refractivity contribution in [1.82, 2.24) is 0 Å². The Morgan fingerprint density at radius 3 is 2.72 bits per heavy atom. The van der Waals surface area contributed by atoms with Gasteiger partial charge in [0.25, 0.3) is 0 Å². The molecule has 0 radical (unpaired) electrons. The van der Waals surface area contributed by atoms with E-state index in [1.54, 1.807) is 24.3 Å². The SMILES string of the molecule is NCc1cccc(NC(=O)COCC(F)(F)F)c1. The summed E-state index contributed by atoms with van der Waals surface area (Å²) in [5.74, 6) is -0.645. The van der Waals surface area contributed by atoms with E-state index in [4.69, 9.17) is 5.73 Å². The second kappa shape index (κ2) is 6.36. The van der Waals surface area contributed by atoms with Gasteiger partial charge in [-0.1, -0.05) is 12.1 Å². The van der Waals surface area contributed by atoms with E-state index in [0.717, 1.165) is 5.56 Å². The second-order valence-corrected chi connectivity index (χ2v) is 3.56. The van der Waals surface area contributed by atoms with Gasteiger partial charge in [-0.15, -0.1) is 0 Å². The molecule has 0 fully saturated rings. The number of alkyl halides is 3. The predicted octanol–water partition coefficient (Wildman–Crippen LogP) is 1.66. The molecule has 7 heteroatoms. The highest BCUT2D eigenvalue weighted by atomic mass is 19.4. The third-order valence-corrected chi connectivity index (χ3v) is 1.95. The monoisotopic (exact) mass is 262 g/mol. The molecule has 100 valence electrons. The Kier molecular flexibility index (Phi) is 5.11. The molecule has 0 bridgehead atoms. The lowest BCUT2D eigenvalue weighted by atomic mass is 10.2. The van der Waals surface area contributed by atoms with Crippen LogP contribution in [0.15, 0.2) is 24.3 Å². The highest BCUT2D eigenvalue weighted by Crippen LogP contribution is 2.14. The molecule has 18 heavy (non-hydrogen) atoms. The highest BCUT2D eigenvalue weighted by Gasteiger charge is 2.27. The van der Waals surface area contributed by atoms with Crippen LogP contribution < -0.4 is 11.1 Å². The van der Waals surface area contributed by atoms with Crippen LogP contribution in [0.2, 0.25) is 0 Å². The zero-order chi connectivity index (χ0) is 13.6. The third kappa shape index (κ3) is 5.65. The van der Waals surface area contributed by atoms with Gasteiger partial charge in [-0.2, -0.15) is 13.2 Å². The molecule has 0 unspecified atom stereocenters. The second-order valence-electron chi connectivity index (χ2n) is 3.56. The number of hydrogen-bond donors (Lipinski definition) is 2. The van der Waals surface area contributed by atoms with Crippen molar-refractivity contribution in [2.45, 2.75) is 12.7 Å². The number of carbonyl (C=O) groups excluding carboxylic acids is 1. The molecule has 1 aromatic carbocycles. The lowest BCUT2D eigenvalue weighted by Crippen LogP contribution is -2.24. The molecular formula is C11H13F3N2O2. The molecule has 0 aliphatic rings. The number of halogens is 3. The van der Waals surface area contributed by atoms with Crippen LogP contribution in [0.5, 0.6) is 0 Å². The Balaban J connectivity index is 2.40. The molecule has 1 aromatic rings. The molecule has 1 amide bonds. The predicted molar refractivity (Wildman–Crippen MR) is 59.8 cm³/mol. The number of hydrogen-bond acceptors (Lipinski definition) is 3. The van der Waals surface area contributed by atoms with Gasteiger partial charge in [0.2, 0.25) is 5.91 Å². The number of nitrogens with two attached hydrogens (primary N) is 1. The summed E-state index contributed by atoms with van der Waals surface area (Å²) in [6, 6.07) is 6.71. The molecule has 0 saturated heterocycles. The van der Waals surface area contributed by atoms with Gasteiger partial charge >= 0.3 is 6.18 Å². The van der Waals surface area contributed by atoms with Gasteiger partial charge in [0, 0.05) is 12.2 Å². The molecule has 0 atom stereocenters. The van der Waals surface area contributed by atoms with Crippen LogP contribution in [0.1, 0.15) is 5.56 Å². The molecule has 0 aliphatic carbocycles. The zero-order valence-electron chi connectivity index (χ0n) is 9.46. The van der Waals surface area contributed by atoms with Crippen molar-refractivity contribution in [2.24, 2.45) is 5.73 Å². The van der Waals surface area contributed by atoms with Crippen LogP contribution in [-0.4, -0.2) is 25.3 Å². The van der Waals surface area contributed by atoms with E-state index in [1.807, 2.05) is 0 Å². The van der Waals surface area contributed by atoms with E-state index in [1.165, 1.54) is 0 Å². The van der Waals surface area contributed by atoms with Crippen LogP contribution >= 0.6 is 0 Å². The van der Waals surface area contributed by atoms with Crippen LogP contribution in [0.4, 0.5) is 18.9 Å². The van der Waals surface area contributed by atoms with Gasteiger partial charge in [-0.05, 0) is 17.7 Å². The van der Waals surface area contributed by atoms with Crippen LogP contribution in [0.3, 0.4) is 0 Å². The maximum atomic E-state index is 11.8. The van der Waals surface area contributed by atoms with E-state index < -0.39 is 25.3 Å². The summed E-state index contributed by atoms with van der Waals surface area (Å²) in [5.41, 5.74) is 6.70. The number of rotatable bonds is 5. The van der Waals surface area contributed by atoms with Crippen molar-refractivity contribution in [3.05, 3.63) is 29.8 Å². The minimum Gasteiger partial charge on any atom is -0.362 e. The Hall–Kier alpha value is -1.60. The molecule has 1 rings (SSSR count). The molecule has 3 N–H and O–H groups in total. The van der Waals surface area contributed by atoms with Gasteiger partial charge in [0.05, 0.1) is 0 Å². The smallest absolute Gasteiger partial charge is 0.362 e. The van der Waals surface area contributed by atoms with Gasteiger partial charge in [0.1, 0.15) is 13.2 Å². The number of amides is 1. The molecule has 0 saturated carbocycles. The fraction of sp³-hybridized carbons (Fsp3) is 0.364. The van der Waals surface area contributed by atoms with Gasteiger partial charge in [0.15, 0.2) is 0 Å². The lowest BCUT2D eigenvalue weighted by molar-refractivity contribution is -0.174. The fourth-order valence-electron chi connectivity index (χ4n) is 1.23. The van der Waals surface area contributed by atoms with E-state index in [2.05, 4.69) is 10.1 Å². The summed E-state index contributed by atoms with van der Waals surface area (Å²) in [6.07, 6.45) is -4.43. The Bertz CT molecular complexity index is 408.